The Morgan fingerprint density at radius 1 is 0.895 bits per heavy atom. The van der Waals surface area contributed by atoms with Crippen LogP contribution in [0.5, 0.6) is 0 Å². The molecule has 0 aliphatic carbocycles. The van der Waals surface area contributed by atoms with Gasteiger partial charge in [-0.2, -0.15) is 0 Å². The molecule has 2 heteroatoms. The molecule has 0 spiro atoms. The SMILES string of the molecule is Cc1ccc(NCCSc2ccc(C)cc2C)cc1. The molecule has 2 aromatic carbocycles. The molecule has 0 atom stereocenters. The highest BCUT2D eigenvalue weighted by atomic mass is 32.2. The molecular formula is C17H21NS. The van der Waals surface area contributed by atoms with Crippen molar-refractivity contribution >= 4 is 17.4 Å². The summed E-state index contributed by atoms with van der Waals surface area (Å²) in [5.41, 5.74) is 5.21. The molecule has 19 heavy (non-hydrogen) atoms. The highest BCUT2D eigenvalue weighted by Gasteiger charge is 1.99. The molecule has 0 saturated heterocycles. The standard InChI is InChI=1S/C17H21NS/c1-13-4-7-16(8-5-13)18-10-11-19-17-9-6-14(2)12-15(17)3/h4-9,12,18H,10-11H2,1-3H3. The van der Waals surface area contributed by atoms with Gasteiger partial charge in [-0.05, 0) is 44.5 Å². The van der Waals surface area contributed by atoms with Crippen molar-refractivity contribution in [1.29, 1.82) is 0 Å². The lowest BCUT2D eigenvalue weighted by atomic mass is 10.2. The van der Waals surface area contributed by atoms with Gasteiger partial charge in [-0.15, -0.1) is 11.8 Å². The molecule has 0 unspecified atom stereocenters. The Bertz CT molecular complexity index is 531. The fourth-order valence-corrected chi connectivity index (χ4v) is 2.86. The van der Waals surface area contributed by atoms with Crippen LogP contribution in [0.1, 0.15) is 16.7 Å². The van der Waals surface area contributed by atoms with Gasteiger partial charge in [0.1, 0.15) is 0 Å². The largest absolute Gasteiger partial charge is 0.384 e. The summed E-state index contributed by atoms with van der Waals surface area (Å²) < 4.78 is 0. The normalized spacial score (nSPS) is 10.5. The Kier molecular flexibility index (Phi) is 4.92. The van der Waals surface area contributed by atoms with Crippen molar-refractivity contribution in [2.24, 2.45) is 0 Å². The third kappa shape index (κ3) is 4.32. The fourth-order valence-electron chi connectivity index (χ4n) is 1.99. The van der Waals surface area contributed by atoms with E-state index >= 15 is 0 Å². The Morgan fingerprint density at radius 3 is 2.26 bits per heavy atom. The van der Waals surface area contributed by atoms with Crippen LogP contribution < -0.4 is 5.32 Å². The zero-order chi connectivity index (χ0) is 13.7. The van der Waals surface area contributed by atoms with E-state index in [1.807, 2.05) is 11.8 Å². The van der Waals surface area contributed by atoms with Crippen molar-refractivity contribution in [2.45, 2.75) is 25.7 Å². The van der Waals surface area contributed by atoms with E-state index in [-0.39, 0.29) is 0 Å². The number of rotatable bonds is 5. The maximum atomic E-state index is 3.45. The van der Waals surface area contributed by atoms with Crippen molar-refractivity contribution in [2.75, 3.05) is 17.6 Å². The van der Waals surface area contributed by atoms with Crippen LogP contribution in [0.4, 0.5) is 5.69 Å². The summed E-state index contributed by atoms with van der Waals surface area (Å²) in [6, 6.07) is 15.2. The molecule has 0 bridgehead atoms. The average Bonchev–Trinajstić information content (AvgIpc) is 2.39. The second kappa shape index (κ2) is 6.67. The van der Waals surface area contributed by atoms with Crippen LogP contribution in [-0.4, -0.2) is 12.3 Å². The first-order chi connectivity index (χ1) is 9.15. The van der Waals surface area contributed by atoms with Crippen LogP contribution in [0, 0.1) is 20.8 Å². The lowest BCUT2D eigenvalue weighted by molar-refractivity contribution is 1.21. The van der Waals surface area contributed by atoms with Crippen molar-refractivity contribution in [1.82, 2.24) is 0 Å². The van der Waals surface area contributed by atoms with E-state index in [1.165, 1.54) is 27.3 Å². The summed E-state index contributed by atoms with van der Waals surface area (Å²) in [7, 11) is 0. The van der Waals surface area contributed by atoms with Crippen LogP contribution in [0.3, 0.4) is 0 Å². The molecule has 0 saturated carbocycles. The van der Waals surface area contributed by atoms with Gasteiger partial charge in [0.15, 0.2) is 0 Å². The first-order valence-electron chi connectivity index (χ1n) is 6.66. The van der Waals surface area contributed by atoms with E-state index in [1.54, 1.807) is 0 Å². The molecule has 1 N–H and O–H groups in total. The smallest absolute Gasteiger partial charge is 0.0340 e. The molecule has 0 heterocycles. The molecule has 0 aliphatic heterocycles. The van der Waals surface area contributed by atoms with Gasteiger partial charge in [-0.3, -0.25) is 0 Å². The van der Waals surface area contributed by atoms with E-state index in [2.05, 4.69) is 68.6 Å². The molecular weight excluding hydrogens is 250 g/mol. The molecule has 2 aromatic rings. The van der Waals surface area contributed by atoms with E-state index < -0.39 is 0 Å². The monoisotopic (exact) mass is 271 g/mol. The molecule has 0 amide bonds. The molecule has 0 fully saturated rings. The molecule has 100 valence electrons. The van der Waals surface area contributed by atoms with Crippen LogP contribution >= 0.6 is 11.8 Å². The fraction of sp³-hybridized carbons (Fsp3) is 0.294. The van der Waals surface area contributed by atoms with Crippen LogP contribution in [0.25, 0.3) is 0 Å². The van der Waals surface area contributed by atoms with Crippen molar-refractivity contribution < 1.29 is 0 Å². The quantitative estimate of drug-likeness (QED) is 0.618. The number of thioether (sulfide) groups is 1. The second-order valence-corrected chi connectivity index (χ2v) is 6.05. The zero-order valence-corrected chi connectivity index (χ0v) is 12.7. The van der Waals surface area contributed by atoms with Gasteiger partial charge in [0.05, 0.1) is 0 Å². The van der Waals surface area contributed by atoms with Crippen LogP contribution in [0.15, 0.2) is 47.4 Å². The first-order valence-corrected chi connectivity index (χ1v) is 7.64. The van der Waals surface area contributed by atoms with Crippen molar-refractivity contribution in [3.8, 4) is 0 Å². The summed E-state index contributed by atoms with van der Waals surface area (Å²) in [6.45, 7) is 7.42. The molecule has 0 radical (unpaired) electrons. The third-order valence-electron chi connectivity index (χ3n) is 3.07. The number of anilines is 1. The minimum absolute atomic E-state index is 0.987. The molecule has 1 nitrogen and oxygen atoms in total. The lowest BCUT2D eigenvalue weighted by Gasteiger charge is -2.08. The molecule has 0 aromatic heterocycles. The predicted molar refractivity (Wildman–Crippen MR) is 86.3 cm³/mol. The zero-order valence-electron chi connectivity index (χ0n) is 11.9. The lowest BCUT2D eigenvalue weighted by Crippen LogP contribution is -2.03. The van der Waals surface area contributed by atoms with Crippen molar-refractivity contribution in [3.63, 3.8) is 0 Å². The average molecular weight is 271 g/mol. The minimum atomic E-state index is 0.987. The van der Waals surface area contributed by atoms with E-state index in [0.717, 1.165) is 12.3 Å². The third-order valence-corrected chi connectivity index (χ3v) is 4.25. The van der Waals surface area contributed by atoms with E-state index in [4.69, 9.17) is 0 Å². The minimum Gasteiger partial charge on any atom is -0.384 e. The summed E-state index contributed by atoms with van der Waals surface area (Å²) in [5.74, 6) is 1.08. The summed E-state index contributed by atoms with van der Waals surface area (Å²) in [5, 5.41) is 3.45. The maximum Gasteiger partial charge on any atom is 0.0340 e. The Balaban J connectivity index is 1.79. The van der Waals surface area contributed by atoms with Crippen LogP contribution in [-0.2, 0) is 0 Å². The van der Waals surface area contributed by atoms with Gasteiger partial charge in [0.2, 0.25) is 0 Å². The summed E-state index contributed by atoms with van der Waals surface area (Å²) >= 11 is 1.92. The number of nitrogens with one attached hydrogen (secondary N) is 1. The highest BCUT2D eigenvalue weighted by Crippen LogP contribution is 2.23. The number of aryl methyl sites for hydroxylation is 3. The van der Waals surface area contributed by atoms with Gasteiger partial charge in [0.25, 0.3) is 0 Å². The Morgan fingerprint density at radius 2 is 1.58 bits per heavy atom. The maximum absolute atomic E-state index is 3.45. The van der Waals surface area contributed by atoms with Gasteiger partial charge < -0.3 is 5.32 Å². The number of hydrogen-bond donors (Lipinski definition) is 1. The van der Waals surface area contributed by atoms with Crippen molar-refractivity contribution in [3.05, 3.63) is 59.2 Å². The van der Waals surface area contributed by atoms with Gasteiger partial charge in [-0.1, -0.05) is 35.4 Å². The molecule has 2 rings (SSSR count). The summed E-state index contributed by atoms with van der Waals surface area (Å²) in [4.78, 5) is 1.39. The second-order valence-electron chi connectivity index (χ2n) is 4.91. The van der Waals surface area contributed by atoms with Crippen LogP contribution in [0.2, 0.25) is 0 Å². The topological polar surface area (TPSA) is 12.0 Å². The first kappa shape index (κ1) is 14.0. The Hall–Kier alpha value is -1.41. The van der Waals surface area contributed by atoms with E-state index in [9.17, 15) is 0 Å². The van der Waals surface area contributed by atoms with Gasteiger partial charge >= 0.3 is 0 Å². The molecule has 0 aliphatic rings. The number of benzene rings is 2. The summed E-state index contributed by atoms with van der Waals surface area (Å²) in [6.07, 6.45) is 0. The van der Waals surface area contributed by atoms with Gasteiger partial charge in [0, 0.05) is 22.9 Å². The predicted octanol–water partition coefficient (Wildman–Crippen LogP) is 4.82. The van der Waals surface area contributed by atoms with E-state index in [0.29, 0.717) is 0 Å². The Labute approximate surface area is 120 Å². The van der Waals surface area contributed by atoms with Gasteiger partial charge in [-0.25, -0.2) is 0 Å². The highest BCUT2D eigenvalue weighted by molar-refractivity contribution is 7.99. The number of hydrogen-bond acceptors (Lipinski definition) is 2.